The van der Waals surface area contributed by atoms with Crippen molar-refractivity contribution in [2.45, 2.75) is 57.2 Å². The number of urea groups is 1. The normalized spacial score (nSPS) is 25.7. The Morgan fingerprint density at radius 3 is 2.81 bits per heavy atom. The van der Waals surface area contributed by atoms with E-state index in [4.69, 9.17) is 21.1 Å². The first-order chi connectivity index (χ1) is 15.0. The Morgan fingerprint density at radius 2 is 2.10 bits per heavy atom. The number of methoxy groups -OCH3 is 1. The molecule has 1 aliphatic carbocycles. The van der Waals surface area contributed by atoms with Gasteiger partial charge in [-0.25, -0.2) is 4.79 Å². The van der Waals surface area contributed by atoms with E-state index < -0.39 is 0 Å². The maximum Gasteiger partial charge on any atom is 0.322 e. The lowest BCUT2D eigenvalue weighted by Crippen LogP contribution is -2.76. The zero-order valence-corrected chi connectivity index (χ0v) is 19.0. The number of nitrogens with zero attached hydrogens (tertiary/aromatic N) is 4. The molecule has 168 valence electrons. The molecule has 2 aliphatic rings. The molecule has 4 atom stereocenters. The molecule has 31 heavy (non-hydrogen) atoms. The van der Waals surface area contributed by atoms with Crippen LogP contribution in [0, 0.1) is 5.92 Å². The standard InChI is InChI=1S/C22H30ClN5O3/c1-4-20(31-10-9-30-3)22-13-15(2)11-17(14-22)27(22)21(29)26-16-5-6-18(23)19(12-16)28-24-7-8-25-28/h5-8,12,15,17,20H,4,9-11,13-14H2,1-3H3,(H,26,29)/t15-,17+,20+,22-/m1/s1. The molecule has 2 heterocycles. The van der Waals surface area contributed by atoms with Gasteiger partial charge in [-0.1, -0.05) is 25.4 Å². The number of ether oxygens (including phenoxy) is 2. The van der Waals surface area contributed by atoms with E-state index in [9.17, 15) is 4.79 Å². The number of carbonyl (C=O) groups excluding carboxylic acids is 1. The maximum atomic E-state index is 13.4. The van der Waals surface area contributed by atoms with E-state index in [0.717, 1.165) is 25.7 Å². The van der Waals surface area contributed by atoms with Gasteiger partial charge in [0.1, 0.15) is 5.69 Å². The first-order valence-electron chi connectivity index (χ1n) is 10.9. The van der Waals surface area contributed by atoms with E-state index in [2.05, 4.69) is 29.4 Å². The average Bonchev–Trinajstić information content (AvgIpc) is 3.26. The fourth-order valence-electron chi connectivity index (χ4n) is 5.35. The lowest BCUT2D eigenvalue weighted by atomic mass is 9.61. The van der Waals surface area contributed by atoms with Crippen LogP contribution in [0.1, 0.15) is 39.5 Å². The van der Waals surface area contributed by atoms with Gasteiger partial charge in [-0.15, -0.1) is 0 Å². The molecule has 8 nitrogen and oxygen atoms in total. The number of anilines is 1. The van der Waals surface area contributed by atoms with Crippen LogP contribution in [0.25, 0.3) is 5.69 Å². The third kappa shape index (κ3) is 4.16. The number of hydrogen-bond acceptors (Lipinski definition) is 5. The number of hydrogen-bond donors (Lipinski definition) is 1. The van der Waals surface area contributed by atoms with Crippen LogP contribution in [-0.4, -0.2) is 63.9 Å². The van der Waals surface area contributed by atoms with E-state index in [1.807, 2.05) is 4.90 Å². The zero-order chi connectivity index (χ0) is 22.0. The molecule has 0 spiro atoms. The lowest BCUT2D eigenvalue weighted by Gasteiger charge is -2.65. The van der Waals surface area contributed by atoms with Crippen molar-refractivity contribution < 1.29 is 14.3 Å². The predicted molar refractivity (Wildman–Crippen MR) is 119 cm³/mol. The highest BCUT2D eigenvalue weighted by molar-refractivity contribution is 6.32. The van der Waals surface area contributed by atoms with E-state index in [-0.39, 0.29) is 23.7 Å². The van der Waals surface area contributed by atoms with Crippen molar-refractivity contribution >= 4 is 23.3 Å². The molecule has 1 saturated carbocycles. The Balaban J connectivity index is 1.54. The summed E-state index contributed by atoms with van der Waals surface area (Å²) >= 11 is 6.31. The molecule has 2 bridgehead atoms. The van der Waals surface area contributed by atoms with E-state index in [1.54, 1.807) is 37.7 Å². The Labute approximate surface area is 187 Å². The minimum absolute atomic E-state index is 0.0125. The van der Waals surface area contributed by atoms with Gasteiger partial charge in [-0.2, -0.15) is 15.0 Å². The molecule has 1 aliphatic heterocycles. The fraction of sp³-hybridized carbons (Fsp3) is 0.591. The Morgan fingerprint density at radius 1 is 1.32 bits per heavy atom. The first-order valence-corrected chi connectivity index (χ1v) is 11.2. The van der Waals surface area contributed by atoms with Crippen LogP contribution in [0.5, 0.6) is 0 Å². The van der Waals surface area contributed by atoms with Crippen LogP contribution in [0.3, 0.4) is 0 Å². The monoisotopic (exact) mass is 447 g/mol. The number of rotatable bonds is 8. The molecule has 1 N–H and O–H groups in total. The number of aromatic nitrogens is 3. The third-order valence-corrected chi connectivity index (χ3v) is 6.76. The van der Waals surface area contributed by atoms with Gasteiger partial charge >= 0.3 is 6.03 Å². The molecule has 0 unspecified atom stereocenters. The topological polar surface area (TPSA) is 81.5 Å². The summed E-state index contributed by atoms with van der Waals surface area (Å²) in [7, 11) is 1.67. The van der Waals surface area contributed by atoms with Crippen molar-refractivity contribution in [1.29, 1.82) is 0 Å². The van der Waals surface area contributed by atoms with E-state index in [1.165, 1.54) is 4.80 Å². The van der Waals surface area contributed by atoms with Gasteiger partial charge in [0, 0.05) is 18.8 Å². The van der Waals surface area contributed by atoms with E-state index >= 15 is 0 Å². The van der Waals surface area contributed by atoms with Crippen molar-refractivity contribution in [1.82, 2.24) is 19.9 Å². The molecular weight excluding hydrogens is 418 g/mol. The van der Waals surface area contributed by atoms with Crippen LogP contribution in [-0.2, 0) is 9.47 Å². The molecule has 2 amide bonds. The van der Waals surface area contributed by atoms with Gasteiger partial charge in [0.05, 0.1) is 42.3 Å². The smallest absolute Gasteiger partial charge is 0.322 e. The second kappa shape index (κ2) is 9.14. The van der Waals surface area contributed by atoms with E-state index in [0.29, 0.717) is 35.5 Å². The summed E-state index contributed by atoms with van der Waals surface area (Å²) in [6.45, 7) is 5.47. The van der Waals surface area contributed by atoms with Crippen molar-refractivity contribution in [3.8, 4) is 5.69 Å². The van der Waals surface area contributed by atoms with Crippen LogP contribution >= 0.6 is 11.6 Å². The largest absolute Gasteiger partial charge is 0.382 e. The summed E-state index contributed by atoms with van der Waals surface area (Å²) < 4.78 is 11.3. The fourth-order valence-corrected chi connectivity index (χ4v) is 5.54. The van der Waals surface area contributed by atoms with Crippen LogP contribution < -0.4 is 5.32 Å². The van der Waals surface area contributed by atoms with Crippen LogP contribution in [0.4, 0.5) is 10.5 Å². The number of amides is 2. The molecular formula is C22H30ClN5O3. The Bertz CT molecular complexity index is 909. The summed E-state index contributed by atoms with van der Waals surface area (Å²) in [5.74, 6) is 0.566. The lowest BCUT2D eigenvalue weighted by molar-refractivity contribution is -0.173. The Hall–Kier alpha value is -2.16. The van der Waals surface area contributed by atoms with Gasteiger partial charge in [-0.05, 0) is 49.8 Å². The maximum absolute atomic E-state index is 13.4. The summed E-state index contributed by atoms with van der Waals surface area (Å²) in [6.07, 6.45) is 6.96. The number of fused-ring (bicyclic) bond motifs is 2. The van der Waals surface area contributed by atoms with Gasteiger partial charge in [0.15, 0.2) is 0 Å². The number of halogens is 1. The number of benzene rings is 1. The summed E-state index contributed by atoms with van der Waals surface area (Å²) in [5, 5.41) is 11.9. The minimum Gasteiger partial charge on any atom is -0.382 e. The average molecular weight is 448 g/mol. The molecule has 9 heteroatoms. The summed E-state index contributed by atoms with van der Waals surface area (Å²) in [6, 6.07) is 5.47. The number of likely N-dealkylation sites (tertiary alicyclic amines) is 1. The third-order valence-electron chi connectivity index (χ3n) is 6.44. The van der Waals surface area contributed by atoms with Gasteiger partial charge < -0.3 is 19.7 Å². The quantitative estimate of drug-likeness (QED) is 0.615. The van der Waals surface area contributed by atoms with Crippen LogP contribution in [0.2, 0.25) is 5.02 Å². The molecule has 0 radical (unpaired) electrons. The van der Waals surface area contributed by atoms with Crippen molar-refractivity contribution in [3.63, 3.8) is 0 Å². The highest BCUT2D eigenvalue weighted by atomic mass is 35.5. The van der Waals surface area contributed by atoms with Crippen molar-refractivity contribution in [3.05, 3.63) is 35.6 Å². The van der Waals surface area contributed by atoms with Gasteiger partial charge in [0.25, 0.3) is 0 Å². The number of piperidine rings is 1. The van der Waals surface area contributed by atoms with Gasteiger partial charge in [0.2, 0.25) is 0 Å². The van der Waals surface area contributed by atoms with Gasteiger partial charge in [-0.3, -0.25) is 0 Å². The first kappa shape index (κ1) is 22.0. The van der Waals surface area contributed by atoms with Crippen molar-refractivity contribution in [2.24, 2.45) is 5.92 Å². The minimum atomic E-state index is -0.270. The molecule has 1 aromatic heterocycles. The molecule has 1 aromatic carbocycles. The van der Waals surface area contributed by atoms with Crippen molar-refractivity contribution in [2.75, 3.05) is 25.6 Å². The molecule has 2 aromatic rings. The summed E-state index contributed by atoms with van der Waals surface area (Å²) in [4.78, 5) is 16.9. The van der Waals surface area contributed by atoms with Crippen LogP contribution in [0.15, 0.2) is 30.6 Å². The SMILES string of the molecule is CC[C@H](OCCOC)[C@@]12C[C@H](C)C[C@@H](C1)N2C(=O)Nc1ccc(Cl)c(-n2nccn2)c1. The Kier molecular flexibility index (Phi) is 6.50. The highest BCUT2D eigenvalue weighted by Gasteiger charge is 2.61. The zero-order valence-electron chi connectivity index (χ0n) is 18.3. The summed E-state index contributed by atoms with van der Waals surface area (Å²) in [5.41, 5.74) is 1.00. The number of nitrogens with one attached hydrogen (secondary N) is 1. The predicted octanol–water partition coefficient (Wildman–Crippen LogP) is 4.14. The molecule has 2 fully saturated rings. The second-order valence-electron chi connectivity index (χ2n) is 8.55. The molecule has 4 rings (SSSR count). The molecule has 1 saturated heterocycles. The second-order valence-corrected chi connectivity index (χ2v) is 8.96. The highest BCUT2D eigenvalue weighted by Crippen LogP contribution is 2.53. The number of carbonyl (C=O) groups is 1.